The summed E-state index contributed by atoms with van der Waals surface area (Å²) in [5.74, 6) is 1.82. The number of hydrogen-bond donors (Lipinski definition) is 0. The third-order valence-electron chi connectivity index (χ3n) is 4.32. The number of rotatable bonds is 2. The van der Waals surface area contributed by atoms with E-state index in [4.69, 9.17) is 0 Å². The molecule has 0 N–H and O–H groups in total. The van der Waals surface area contributed by atoms with Crippen molar-refractivity contribution in [2.24, 2.45) is 11.8 Å². The van der Waals surface area contributed by atoms with Crippen LogP contribution in [0, 0.1) is 11.8 Å². The topological polar surface area (TPSA) is 0 Å². The molecule has 0 aromatic heterocycles. The van der Waals surface area contributed by atoms with Gasteiger partial charge in [-0.25, -0.2) is 0 Å². The first kappa shape index (κ1) is 12.5. The summed E-state index contributed by atoms with van der Waals surface area (Å²) in [4.78, 5) is 0. The van der Waals surface area contributed by atoms with Gasteiger partial charge in [0.15, 0.2) is 0 Å². The first-order valence-electron chi connectivity index (χ1n) is 7.32. The van der Waals surface area contributed by atoms with Crippen LogP contribution >= 0.6 is 0 Å². The molecule has 19 heavy (non-hydrogen) atoms. The zero-order valence-electron chi connectivity index (χ0n) is 12.3. The summed E-state index contributed by atoms with van der Waals surface area (Å²) >= 11 is 0. The third-order valence-corrected chi connectivity index (χ3v) is 4.32. The molecule has 0 aliphatic heterocycles. The van der Waals surface area contributed by atoms with Crippen LogP contribution in [-0.2, 0) is 0 Å². The van der Waals surface area contributed by atoms with E-state index in [1.807, 2.05) is 0 Å². The van der Waals surface area contributed by atoms with E-state index in [9.17, 15) is 0 Å². The molecular formula is C19H22. The molecule has 0 fully saturated rings. The van der Waals surface area contributed by atoms with Crippen LogP contribution in [0.3, 0.4) is 0 Å². The molecule has 0 spiro atoms. The van der Waals surface area contributed by atoms with Crippen molar-refractivity contribution in [3.63, 3.8) is 0 Å². The first-order chi connectivity index (χ1) is 9.09. The lowest BCUT2D eigenvalue weighted by molar-refractivity contribution is 0.516. The van der Waals surface area contributed by atoms with Gasteiger partial charge in [0.25, 0.3) is 0 Å². The Morgan fingerprint density at radius 1 is 0.895 bits per heavy atom. The minimum absolute atomic E-state index is 0.568. The van der Waals surface area contributed by atoms with Gasteiger partial charge in [-0.3, -0.25) is 0 Å². The summed E-state index contributed by atoms with van der Waals surface area (Å²) < 4.78 is 0. The van der Waals surface area contributed by atoms with Crippen LogP contribution in [0.15, 0.2) is 42.0 Å². The van der Waals surface area contributed by atoms with Crippen LogP contribution in [0.1, 0.15) is 44.7 Å². The molecule has 0 radical (unpaired) electrons. The van der Waals surface area contributed by atoms with Gasteiger partial charge in [-0.15, -0.1) is 0 Å². The summed E-state index contributed by atoms with van der Waals surface area (Å²) in [6.07, 6.45) is 2.44. The minimum atomic E-state index is 0.568. The fraction of sp³-hybridized carbons (Fsp3) is 0.368. The lowest BCUT2D eigenvalue weighted by atomic mass is 9.72. The molecule has 3 rings (SSSR count). The van der Waals surface area contributed by atoms with Gasteiger partial charge in [-0.1, -0.05) is 75.7 Å². The lowest BCUT2D eigenvalue weighted by Crippen LogP contribution is -2.17. The maximum Gasteiger partial charge on any atom is 0.00834 e. The van der Waals surface area contributed by atoms with Gasteiger partial charge in [-0.2, -0.15) is 0 Å². The quantitative estimate of drug-likeness (QED) is 0.647. The van der Waals surface area contributed by atoms with Crippen LogP contribution in [0.4, 0.5) is 0 Å². The molecule has 0 amide bonds. The Morgan fingerprint density at radius 2 is 1.58 bits per heavy atom. The highest BCUT2D eigenvalue weighted by molar-refractivity contribution is 5.96. The van der Waals surface area contributed by atoms with Crippen molar-refractivity contribution in [2.75, 3.05) is 0 Å². The SMILES string of the molecule is CC(C)C1=Cc2cccc3cccc(c23)C1C(C)C. The highest BCUT2D eigenvalue weighted by Crippen LogP contribution is 2.44. The van der Waals surface area contributed by atoms with Gasteiger partial charge in [0.1, 0.15) is 0 Å². The van der Waals surface area contributed by atoms with E-state index >= 15 is 0 Å². The Morgan fingerprint density at radius 3 is 2.21 bits per heavy atom. The maximum atomic E-state index is 2.44. The van der Waals surface area contributed by atoms with Crippen LogP contribution in [-0.4, -0.2) is 0 Å². The van der Waals surface area contributed by atoms with E-state index in [2.05, 4.69) is 70.2 Å². The van der Waals surface area contributed by atoms with Gasteiger partial charge in [-0.05, 0) is 33.7 Å². The summed E-state index contributed by atoms with van der Waals surface area (Å²) in [5, 5.41) is 2.84. The predicted octanol–water partition coefficient (Wildman–Crippen LogP) is 5.63. The summed E-state index contributed by atoms with van der Waals surface area (Å²) in [5.41, 5.74) is 4.50. The smallest absolute Gasteiger partial charge is 0.00834 e. The number of allylic oxidation sites excluding steroid dienone is 1. The highest BCUT2D eigenvalue weighted by atomic mass is 14.3. The molecule has 2 aromatic rings. The van der Waals surface area contributed by atoms with Gasteiger partial charge in [0, 0.05) is 5.92 Å². The lowest BCUT2D eigenvalue weighted by Gasteiger charge is -2.32. The molecular weight excluding hydrogens is 228 g/mol. The normalized spacial score (nSPS) is 18.2. The van der Waals surface area contributed by atoms with E-state index in [-0.39, 0.29) is 0 Å². The number of hydrogen-bond acceptors (Lipinski definition) is 0. The second-order valence-corrected chi connectivity index (χ2v) is 6.31. The average molecular weight is 250 g/mol. The fourth-order valence-corrected chi connectivity index (χ4v) is 3.50. The zero-order valence-corrected chi connectivity index (χ0v) is 12.3. The van der Waals surface area contributed by atoms with Crippen LogP contribution < -0.4 is 0 Å². The molecule has 1 aliphatic rings. The Kier molecular flexibility index (Phi) is 2.97. The molecule has 0 nitrogen and oxygen atoms in total. The molecule has 0 saturated heterocycles. The molecule has 1 atom stereocenters. The van der Waals surface area contributed by atoms with E-state index < -0.39 is 0 Å². The fourth-order valence-electron chi connectivity index (χ4n) is 3.50. The van der Waals surface area contributed by atoms with E-state index in [0.717, 1.165) is 0 Å². The van der Waals surface area contributed by atoms with Crippen molar-refractivity contribution >= 4 is 16.8 Å². The van der Waals surface area contributed by atoms with Crippen molar-refractivity contribution in [3.8, 4) is 0 Å². The second-order valence-electron chi connectivity index (χ2n) is 6.31. The molecule has 0 heterocycles. The van der Waals surface area contributed by atoms with E-state index in [0.29, 0.717) is 17.8 Å². The maximum absolute atomic E-state index is 2.44. The van der Waals surface area contributed by atoms with E-state index in [1.165, 1.54) is 21.9 Å². The molecule has 98 valence electrons. The largest absolute Gasteiger partial charge is 0.0619 e. The summed E-state index contributed by atoms with van der Waals surface area (Å²) in [6, 6.07) is 13.4. The Hall–Kier alpha value is -1.56. The highest BCUT2D eigenvalue weighted by Gasteiger charge is 2.27. The van der Waals surface area contributed by atoms with Crippen molar-refractivity contribution in [1.29, 1.82) is 0 Å². The molecule has 1 aliphatic carbocycles. The predicted molar refractivity (Wildman–Crippen MR) is 84.3 cm³/mol. The number of benzene rings is 2. The molecule has 0 heteroatoms. The van der Waals surface area contributed by atoms with Crippen LogP contribution in [0.5, 0.6) is 0 Å². The monoisotopic (exact) mass is 250 g/mol. The Bertz CT molecular complexity index is 639. The van der Waals surface area contributed by atoms with Gasteiger partial charge in [0.05, 0.1) is 0 Å². The van der Waals surface area contributed by atoms with Crippen LogP contribution in [0.2, 0.25) is 0 Å². The van der Waals surface area contributed by atoms with Gasteiger partial charge in [0.2, 0.25) is 0 Å². The minimum Gasteiger partial charge on any atom is -0.0619 e. The molecule has 2 aromatic carbocycles. The molecule has 0 bridgehead atoms. The average Bonchev–Trinajstić information content (AvgIpc) is 2.38. The zero-order chi connectivity index (χ0) is 13.6. The van der Waals surface area contributed by atoms with Crippen molar-refractivity contribution in [1.82, 2.24) is 0 Å². The van der Waals surface area contributed by atoms with Gasteiger partial charge >= 0.3 is 0 Å². The van der Waals surface area contributed by atoms with Crippen molar-refractivity contribution in [2.45, 2.75) is 33.6 Å². The second kappa shape index (κ2) is 4.52. The Balaban J connectivity index is 2.35. The first-order valence-corrected chi connectivity index (χ1v) is 7.32. The van der Waals surface area contributed by atoms with Crippen molar-refractivity contribution < 1.29 is 0 Å². The third kappa shape index (κ3) is 1.90. The standard InChI is InChI=1S/C19H22/c1-12(2)17-11-15-9-5-7-14-8-6-10-16(19(14)15)18(17)13(3)4/h5-13,18H,1-4H3. The Labute approximate surface area is 116 Å². The summed E-state index contributed by atoms with van der Waals surface area (Å²) in [6.45, 7) is 9.31. The molecule has 1 unspecified atom stereocenters. The van der Waals surface area contributed by atoms with Crippen LogP contribution in [0.25, 0.3) is 16.8 Å². The van der Waals surface area contributed by atoms with E-state index in [1.54, 1.807) is 5.57 Å². The molecule has 0 saturated carbocycles. The summed E-state index contributed by atoms with van der Waals surface area (Å²) in [7, 11) is 0. The van der Waals surface area contributed by atoms with Gasteiger partial charge < -0.3 is 0 Å². The van der Waals surface area contributed by atoms with Crippen molar-refractivity contribution in [3.05, 3.63) is 53.1 Å².